The van der Waals surface area contributed by atoms with E-state index < -0.39 is 290 Å². The van der Waals surface area contributed by atoms with E-state index in [4.69, 9.17) is 29.1 Å². The monoisotopic (exact) mass is 676 g/mol. The van der Waals surface area contributed by atoms with Crippen molar-refractivity contribution >= 4 is 75.8 Å². The zero-order chi connectivity index (χ0) is 59.6. The first-order valence-electron chi connectivity index (χ1n) is 30.2. The van der Waals surface area contributed by atoms with Crippen molar-refractivity contribution in [2.75, 3.05) is 0 Å². The average molecular weight is 677 g/mol. The van der Waals surface area contributed by atoms with Crippen LogP contribution in [-0.4, -0.2) is 0 Å². The topological polar surface area (TPSA) is 13.1 Å². The predicted molar refractivity (Wildman–Crippen MR) is 218 cm³/mol. The molecule has 1 heterocycles. The van der Waals surface area contributed by atoms with Crippen molar-refractivity contribution in [1.29, 1.82) is 0 Å². The smallest absolute Gasteiger partial charge is 0.136 e. The van der Waals surface area contributed by atoms with E-state index in [2.05, 4.69) is 0 Å². The van der Waals surface area contributed by atoms with Crippen LogP contribution in [0.4, 0.5) is 0 Å². The Bertz CT molecular complexity index is 4820. The highest BCUT2D eigenvalue weighted by atomic mass is 16.3. The van der Waals surface area contributed by atoms with E-state index in [0.29, 0.717) is 0 Å². The molecular formula is C50H30O. The first-order chi connectivity index (χ1) is 37.8. The van der Waals surface area contributed by atoms with E-state index >= 15 is 0 Å². The molecule has 1 heteroatoms. The minimum atomic E-state index is -1.14. The summed E-state index contributed by atoms with van der Waals surface area (Å²) >= 11 is 0. The maximum Gasteiger partial charge on any atom is 0.136 e. The lowest BCUT2D eigenvalue weighted by atomic mass is 9.84. The molecule has 0 bridgehead atoms. The van der Waals surface area contributed by atoms with Crippen LogP contribution in [0.5, 0.6) is 0 Å². The summed E-state index contributed by atoms with van der Waals surface area (Å²) in [4.78, 5) is 0. The van der Waals surface area contributed by atoms with E-state index in [1.165, 1.54) is 0 Å². The molecule has 0 amide bonds. The number of fused-ring (bicyclic) bond motifs is 9. The second-order valence-corrected chi connectivity index (χ2v) is 11.3. The molecule has 10 aromatic carbocycles. The second-order valence-electron chi connectivity index (χ2n) is 11.3. The molecule has 0 spiro atoms. The SMILES string of the molecule is [2H]c1c([2H])c(-c2c([2H])c([2H])c([2H])c3oc4c([2H])c5c([2H])c([2H])c([2H])c([2H])c5c([2H])c4c23)c([2H])c([2H])c1-c1c2c([2H])c([2H])c([2H])c([2H])c2c(-c2c([2H])c([2H])c([2H])c3c2c([2H])c([2H])c2c([2H])c([2H])c([2H])c([2H])c23)c2c([2H])c([2H])c([2H])c([2H])c12. The maximum absolute atomic E-state index is 9.76. The largest absolute Gasteiger partial charge is 0.456 e. The quantitative estimate of drug-likeness (QED) is 0.134. The van der Waals surface area contributed by atoms with Gasteiger partial charge in [0, 0.05) is 10.8 Å². The molecule has 51 heavy (non-hydrogen) atoms. The summed E-state index contributed by atoms with van der Waals surface area (Å²) in [5, 5.41) is -7.59. The van der Waals surface area contributed by atoms with E-state index in [-0.39, 0.29) is 0 Å². The molecule has 11 aromatic rings. The summed E-state index contributed by atoms with van der Waals surface area (Å²) in [6, 6.07) is -28.1. The van der Waals surface area contributed by atoms with Crippen LogP contribution < -0.4 is 0 Å². The highest BCUT2D eigenvalue weighted by molar-refractivity contribution is 6.25. The van der Waals surface area contributed by atoms with Gasteiger partial charge in [0.1, 0.15) is 11.2 Å². The maximum atomic E-state index is 9.76. The fourth-order valence-corrected chi connectivity index (χ4v) is 6.42. The zero-order valence-electron chi connectivity index (χ0n) is 55.4. The minimum Gasteiger partial charge on any atom is -0.456 e. The Hall–Kier alpha value is -6.70. The summed E-state index contributed by atoms with van der Waals surface area (Å²) < 4.78 is 279. The number of benzene rings is 10. The predicted octanol–water partition coefficient (Wildman–Crippen LogP) is 14.4. The third-order valence-electron chi connectivity index (χ3n) is 8.57. The standard InChI is InChI=1S/C50H30O/c1-2-13-35-30-47-45(29-34(35)12-1)50-37(19-10-22-46(50)51-47)32-23-25-33(26-24-32)48-41-15-5-7-17-43(41)49(44-18-8-6-16-42(44)48)40-21-9-20-38-36-14-4-3-11-31(36)27-28-39(38)40/h1-30H/i1D,2D,3D,4D,5D,6D,7D,8D,9D,10D,11D,12D,13D,14D,15D,16D,17D,18D,19D,20D,21D,22D,23D,24D,25D,26D,27D,28D,29D,30D. The lowest BCUT2D eigenvalue weighted by molar-refractivity contribution is 0.669. The van der Waals surface area contributed by atoms with Gasteiger partial charge in [-0.1, -0.05) is 163 Å². The van der Waals surface area contributed by atoms with Crippen LogP contribution in [0.2, 0.25) is 0 Å². The summed E-state index contributed by atoms with van der Waals surface area (Å²) in [5.41, 5.74) is -6.00. The molecule has 0 saturated carbocycles. The number of furan rings is 1. The Balaban J connectivity index is 1.38. The van der Waals surface area contributed by atoms with Crippen LogP contribution in [0.3, 0.4) is 0 Å². The second kappa shape index (κ2) is 10.9. The summed E-state index contributed by atoms with van der Waals surface area (Å²) in [5.74, 6) is 0. The van der Waals surface area contributed by atoms with Crippen molar-refractivity contribution in [3.63, 3.8) is 0 Å². The fraction of sp³-hybridized carbons (Fsp3) is 0. The van der Waals surface area contributed by atoms with Crippen LogP contribution in [0.15, 0.2) is 186 Å². The van der Waals surface area contributed by atoms with Crippen molar-refractivity contribution in [3.8, 4) is 33.4 Å². The van der Waals surface area contributed by atoms with Gasteiger partial charge in [0.2, 0.25) is 0 Å². The van der Waals surface area contributed by atoms with Gasteiger partial charge >= 0.3 is 0 Å². The number of hydrogen-bond acceptors (Lipinski definition) is 1. The van der Waals surface area contributed by atoms with Gasteiger partial charge in [-0.3, -0.25) is 0 Å². The van der Waals surface area contributed by atoms with Crippen molar-refractivity contribution in [2.45, 2.75) is 0 Å². The van der Waals surface area contributed by atoms with Gasteiger partial charge in [-0.25, -0.2) is 0 Å². The van der Waals surface area contributed by atoms with Gasteiger partial charge < -0.3 is 4.42 Å². The molecule has 0 aliphatic carbocycles. The van der Waals surface area contributed by atoms with Crippen LogP contribution >= 0.6 is 0 Å². The first kappa shape index (κ1) is 11.7. The summed E-state index contributed by atoms with van der Waals surface area (Å²) in [7, 11) is 0. The van der Waals surface area contributed by atoms with E-state index in [0.717, 1.165) is 0 Å². The Kier molecular flexibility index (Phi) is 2.50. The summed E-state index contributed by atoms with van der Waals surface area (Å²) in [6.07, 6.45) is 0. The number of rotatable bonds is 3. The fourth-order valence-electron chi connectivity index (χ4n) is 6.42. The normalized spacial score (nSPS) is 20.2. The van der Waals surface area contributed by atoms with E-state index in [1.54, 1.807) is 0 Å². The third-order valence-corrected chi connectivity index (χ3v) is 8.57. The molecule has 11 rings (SSSR count). The molecular weight excluding hydrogens is 617 g/mol. The molecule has 0 saturated heterocycles. The van der Waals surface area contributed by atoms with Crippen molar-refractivity contribution in [2.24, 2.45) is 0 Å². The van der Waals surface area contributed by atoms with Crippen molar-refractivity contribution in [1.82, 2.24) is 0 Å². The molecule has 0 fully saturated rings. The molecule has 0 aliphatic rings. The summed E-state index contributed by atoms with van der Waals surface area (Å²) in [6.45, 7) is 0. The van der Waals surface area contributed by atoms with Gasteiger partial charge in [-0.2, -0.15) is 0 Å². The van der Waals surface area contributed by atoms with Crippen LogP contribution in [-0.2, 0) is 0 Å². The number of hydrogen-bond donors (Lipinski definition) is 0. The Morgan fingerprint density at radius 3 is 1.59 bits per heavy atom. The highest BCUT2D eigenvalue weighted by Crippen LogP contribution is 2.46. The first-order valence-corrected chi connectivity index (χ1v) is 15.2. The Morgan fingerprint density at radius 1 is 0.314 bits per heavy atom. The van der Waals surface area contributed by atoms with Gasteiger partial charge in [0.15, 0.2) is 0 Å². The van der Waals surface area contributed by atoms with Crippen molar-refractivity contribution < 1.29 is 45.5 Å². The minimum absolute atomic E-state index is 0.468. The average Bonchev–Trinajstić information content (AvgIpc) is 4.04. The van der Waals surface area contributed by atoms with Crippen molar-refractivity contribution in [3.05, 3.63) is 181 Å². The Labute approximate surface area is 336 Å². The van der Waals surface area contributed by atoms with Gasteiger partial charge in [0.05, 0.1) is 41.1 Å². The zero-order valence-corrected chi connectivity index (χ0v) is 25.4. The van der Waals surface area contributed by atoms with Crippen LogP contribution in [0.1, 0.15) is 41.1 Å². The molecule has 0 aliphatic heterocycles. The Morgan fingerprint density at radius 2 is 0.863 bits per heavy atom. The van der Waals surface area contributed by atoms with E-state index in [1.807, 2.05) is 0 Å². The van der Waals surface area contributed by atoms with Crippen LogP contribution in [0.25, 0.3) is 109 Å². The molecule has 1 aromatic heterocycles. The third kappa shape index (κ3) is 4.22. The lowest BCUT2D eigenvalue weighted by Gasteiger charge is -2.19. The molecule has 0 N–H and O–H groups in total. The van der Waals surface area contributed by atoms with Gasteiger partial charge in [-0.15, -0.1) is 0 Å². The van der Waals surface area contributed by atoms with Gasteiger partial charge in [0.25, 0.3) is 0 Å². The van der Waals surface area contributed by atoms with E-state index in [9.17, 15) is 16.4 Å². The molecule has 0 unspecified atom stereocenters. The molecule has 0 atom stereocenters. The van der Waals surface area contributed by atoms with Crippen LogP contribution in [0, 0.1) is 0 Å². The molecule has 0 radical (unpaired) electrons. The highest BCUT2D eigenvalue weighted by Gasteiger charge is 2.19. The lowest BCUT2D eigenvalue weighted by Crippen LogP contribution is -1.92. The van der Waals surface area contributed by atoms with Gasteiger partial charge in [-0.05, 0) is 105 Å². The molecule has 1 nitrogen and oxygen atoms in total. The molecule has 236 valence electrons.